The van der Waals surface area contributed by atoms with Gasteiger partial charge in [-0.25, -0.2) is 9.78 Å². The average molecular weight is 449 g/mol. The molecule has 3 N–H and O–H groups in total. The van der Waals surface area contributed by atoms with Crippen molar-refractivity contribution >= 4 is 23.6 Å². The molecule has 0 aliphatic heterocycles. The molecule has 3 aromatic heterocycles. The lowest BCUT2D eigenvalue weighted by atomic mass is 10.1. The van der Waals surface area contributed by atoms with Crippen LogP contribution in [0.15, 0.2) is 63.6 Å². The van der Waals surface area contributed by atoms with Gasteiger partial charge in [0.15, 0.2) is 28.8 Å². The van der Waals surface area contributed by atoms with Gasteiger partial charge in [0.1, 0.15) is 5.76 Å². The van der Waals surface area contributed by atoms with Gasteiger partial charge in [-0.1, -0.05) is 30.3 Å². The smallest absolute Gasteiger partial charge is 0.405 e. The van der Waals surface area contributed by atoms with Crippen molar-refractivity contribution in [2.45, 2.75) is 20.0 Å². The number of carbonyl (C=O) groups is 3. The molecule has 0 bridgehead atoms. The predicted molar refractivity (Wildman–Crippen MR) is 115 cm³/mol. The van der Waals surface area contributed by atoms with Crippen molar-refractivity contribution in [1.82, 2.24) is 20.1 Å². The van der Waals surface area contributed by atoms with Crippen LogP contribution >= 0.6 is 0 Å². The number of hydrogen-bond acceptors (Lipinski definition) is 7. The molecule has 11 nitrogen and oxygen atoms in total. The molecular weight excluding hydrogens is 430 g/mol. The average Bonchev–Trinajstić information content (AvgIpc) is 3.53. The Morgan fingerprint density at radius 2 is 1.85 bits per heavy atom. The first-order chi connectivity index (χ1) is 15.9. The highest BCUT2D eigenvalue weighted by Gasteiger charge is 2.22. The van der Waals surface area contributed by atoms with E-state index in [-0.39, 0.29) is 47.8 Å². The van der Waals surface area contributed by atoms with Crippen LogP contribution in [0.25, 0.3) is 11.3 Å². The number of nitrogens with one attached hydrogen (secondary N) is 2. The van der Waals surface area contributed by atoms with E-state index in [1.54, 1.807) is 53.3 Å². The molecule has 0 fully saturated rings. The number of oxazole rings is 1. The lowest BCUT2D eigenvalue weighted by Gasteiger charge is -2.02. The van der Waals surface area contributed by atoms with Crippen molar-refractivity contribution in [3.05, 3.63) is 77.8 Å². The number of nitrogens with zero attached hydrogens (tertiary/aromatic N) is 3. The summed E-state index contributed by atoms with van der Waals surface area (Å²) < 4.78 is 12.6. The molecular formula is C22H19N5O6. The third-order valence-electron chi connectivity index (χ3n) is 4.52. The summed E-state index contributed by atoms with van der Waals surface area (Å²) >= 11 is 0. The van der Waals surface area contributed by atoms with Crippen LogP contribution in [0, 0.1) is 0 Å². The van der Waals surface area contributed by atoms with Crippen molar-refractivity contribution in [3.63, 3.8) is 0 Å². The predicted octanol–water partition coefficient (Wildman–Crippen LogP) is 3.40. The molecule has 0 aliphatic rings. The first-order valence-electron chi connectivity index (χ1n) is 9.85. The zero-order chi connectivity index (χ0) is 23.4. The van der Waals surface area contributed by atoms with Gasteiger partial charge in [-0.15, -0.1) is 0 Å². The maximum absolute atomic E-state index is 12.9. The van der Waals surface area contributed by atoms with Crippen molar-refractivity contribution in [2.75, 3.05) is 5.32 Å². The summed E-state index contributed by atoms with van der Waals surface area (Å²) in [4.78, 5) is 39.2. The fourth-order valence-electron chi connectivity index (χ4n) is 3.03. The second-order valence-electron chi connectivity index (χ2n) is 6.98. The van der Waals surface area contributed by atoms with Crippen molar-refractivity contribution in [2.24, 2.45) is 0 Å². The molecule has 33 heavy (non-hydrogen) atoms. The molecule has 0 spiro atoms. The number of furan rings is 1. The van der Waals surface area contributed by atoms with Gasteiger partial charge in [-0.3, -0.25) is 14.3 Å². The highest BCUT2D eigenvalue weighted by atomic mass is 16.4. The molecule has 1 aromatic carbocycles. The summed E-state index contributed by atoms with van der Waals surface area (Å²) in [6.07, 6.45) is 0.410. The van der Waals surface area contributed by atoms with E-state index in [1.165, 1.54) is 6.92 Å². The first kappa shape index (κ1) is 21.6. The molecule has 0 radical (unpaired) electrons. The molecule has 3 heterocycles. The number of amides is 2. The zero-order valence-corrected chi connectivity index (χ0v) is 17.4. The first-order valence-corrected chi connectivity index (χ1v) is 9.85. The van der Waals surface area contributed by atoms with E-state index >= 15 is 0 Å². The summed E-state index contributed by atoms with van der Waals surface area (Å²) in [6.45, 7) is 1.50. The van der Waals surface area contributed by atoms with E-state index in [0.29, 0.717) is 11.3 Å². The molecule has 0 unspecified atom stereocenters. The number of aromatic nitrogens is 3. The SMILES string of the molecule is CC(=O)c1ccc(Cn2ccc(NC(=O)c3nc(CNC(=O)O)oc3-c3ccccc3)n2)o1. The van der Waals surface area contributed by atoms with Gasteiger partial charge in [-0.2, -0.15) is 5.10 Å². The second kappa shape index (κ2) is 9.22. The number of carbonyl (C=O) groups excluding carboxylic acids is 2. The number of ketones is 1. The van der Waals surface area contributed by atoms with E-state index in [1.807, 2.05) is 6.07 Å². The van der Waals surface area contributed by atoms with Gasteiger partial charge >= 0.3 is 6.09 Å². The van der Waals surface area contributed by atoms with Crippen LogP contribution in [0.1, 0.15) is 39.6 Å². The van der Waals surface area contributed by atoms with Gasteiger partial charge in [-0.05, 0) is 12.1 Å². The van der Waals surface area contributed by atoms with E-state index in [4.69, 9.17) is 13.9 Å². The molecule has 0 atom stereocenters. The van der Waals surface area contributed by atoms with E-state index in [0.717, 1.165) is 0 Å². The molecule has 4 rings (SSSR count). The Balaban J connectivity index is 1.52. The summed E-state index contributed by atoms with van der Waals surface area (Å²) in [7, 11) is 0. The summed E-state index contributed by atoms with van der Waals surface area (Å²) in [5.41, 5.74) is 0.608. The van der Waals surface area contributed by atoms with Gasteiger partial charge in [0, 0.05) is 24.8 Å². The van der Waals surface area contributed by atoms with Crippen molar-refractivity contribution in [3.8, 4) is 11.3 Å². The minimum absolute atomic E-state index is 0.00456. The molecule has 0 aliphatic carbocycles. The van der Waals surface area contributed by atoms with Crippen LogP contribution in [-0.2, 0) is 13.1 Å². The van der Waals surface area contributed by atoms with Gasteiger partial charge in [0.05, 0.1) is 13.1 Å². The Hall–Kier alpha value is -4.67. The van der Waals surface area contributed by atoms with Crippen LogP contribution in [0.3, 0.4) is 0 Å². The van der Waals surface area contributed by atoms with Crippen LogP contribution in [0.2, 0.25) is 0 Å². The Morgan fingerprint density at radius 3 is 2.55 bits per heavy atom. The fourth-order valence-corrected chi connectivity index (χ4v) is 3.03. The largest absolute Gasteiger partial charge is 0.465 e. The Bertz CT molecular complexity index is 1300. The number of rotatable bonds is 8. The lowest BCUT2D eigenvalue weighted by molar-refractivity contribution is 0.0983. The van der Waals surface area contributed by atoms with Gasteiger partial charge in [0.2, 0.25) is 5.89 Å². The topological polar surface area (TPSA) is 152 Å². The normalized spacial score (nSPS) is 10.7. The van der Waals surface area contributed by atoms with Crippen LogP contribution in [-0.4, -0.2) is 37.7 Å². The van der Waals surface area contributed by atoms with E-state index in [2.05, 4.69) is 20.7 Å². The minimum atomic E-state index is -1.24. The van der Waals surface area contributed by atoms with E-state index in [9.17, 15) is 14.4 Å². The Kier molecular flexibility index (Phi) is 6.02. The highest BCUT2D eigenvalue weighted by molar-refractivity contribution is 6.06. The number of carboxylic acid groups (broad SMARTS) is 1. The molecule has 168 valence electrons. The quantitative estimate of drug-likeness (QED) is 0.346. The minimum Gasteiger partial charge on any atom is -0.465 e. The Labute approximate surface area is 187 Å². The Morgan fingerprint density at radius 1 is 1.06 bits per heavy atom. The van der Waals surface area contributed by atoms with E-state index < -0.39 is 12.0 Å². The standard InChI is InChI=1S/C22H19N5O6/c1-13(28)16-8-7-15(32-16)12-27-10-9-17(26-27)24-21(29)19-20(14-5-3-2-4-6-14)33-18(25-19)11-23-22(30)31/h2-10,23H,11-12H2,1H3,(H,30,31)(H,24,26,29). The number of Topliss-reactive ketones (excluding diaryl/α,β-unsaturated/α-hetero) is 1. The van der Waals surface area contributed by atoms with Crippen LogP contribution in [0.4, 0.5) is 10.6 Å². The molecule has 0 saturated heterocycles. The number of hydrogen-bond donors (Lipinski definition) is 3. The number of anilines is 1. The summed E-state index contributed by atoms with van der Waals surface area (Å²) in [5, 5.41) is 17.9. The second-order valence-corrected chi connectivity index (χ2v) is 6.98. The fraction of sp³-hybridized carbons (Fsp3) is 0.136. The van der Waals surface area contributed by atoms with Gasteiger partial charge < -0.3 is 24.6 Å². The van der Waals surface area contributed by atoms with Gasteiger partial charge in [0.25, 0.3) is 5.91 Å². The maximum Gasteiger partial charge on any atom is 0.405 e. The third-order valence-corrected chi connectivity index (χ3v) is 4.52. The van der Waals surface area contributed by atoms with Crippen molar-refractivity contribution in [1.29, 1.82) is 0 Å². The van der Waals surface area contributed by atoms with Crippen LogP contribution in [0.5, 0.6) is 0 Å². The summed E-state index contributed by atoms with van der Waals surface area (Å²) in [6, 6.07) is 13.8. The third kappa shape index (κ3) is 5.15. The molecule has 11 heteroatoms. The lowest BCUT2D eigenvalue weighted by Crippen LogP contribution is -2.20. The highest BCUT2D eigenvalue weighted by Crippen LogP contribution is 2.25. The maximum atomic E-state index is 12.9. The number of benzene rings is 1. The molecule has 2 amide bonds. The molecule has 4 aromatic rings. The zero-order valence-electron chi connectivity index (χ0n) is 17.4. The monoisotopic (exact) mass is 449 g/mol. The van der Waals surface area contributed by atoms with Crippen molar-refractivity contribution < 1.29 is 28.3 Å². The molecule has 0 saturated carbocycles. The summed E-state index contributed by atoms with van der Waals surface area (Å²) in [5.74, 6) is 0.590. The van der Waals surface area contributed by atoms with Crippen LogP contribution < -0.4 is 10.6 Å².